The largest absolute Gasteiger partial charge is 0.462 e. The topological polar surface area (TPSA) is 58.6 Å². The normalized spacial score (nSPS) is 13.8. The number of hydrogen-bond donors (Lipinski definition) is 0. The first-order valence-corrected chi connectivity index (χ1v) is 11.8. The molecular formula is C28H28N4O2. The average Bonchev–Trinajstić information content (AvgIpc) is 2.90. The van der Waals surface area contributed by atoms with E-state index < -0.39 is 0 Å². The summed E-state index contributed by atoms with van der Waals surface area (Å²) in [5.41, 5.74) is 3.94. The van der Waals surface area contributed by atoms with Crippen LogP contribution in [0.15, 0.2) is 78.9 Å². The van der Waals surface area contributed by atoms with Gasteiger partial charge in [-0.3, -0.25) is 0 Å². The first-order chi connectivity index (χ1) is 16.7. The number of rotatable bonds is 6. The monoisotopic (exact) mass is 452 g/mol. The Labute approximate surface area is 199 Å². The van der Waals surface area contributed by atoms with Crippen LogP contribution in [0.5, 0.6) is 0 Å². The molecule has 3 aromatic carbocycles. The summed E-state index contributed by atoms with van der Waals surface area (Å²) in [4.78, 5) is 16.6. The number of hydrogen-bond acceptors (Lipinski definition) is 6. The van der Waals surface area contributed by atoms with E-state index in [1.165, 1.54) is 5.56 Å². The van der Waals surface area contributed by atoms with Crippen LogP contribution < -0.4 is 9.80 Å². The molecular weight excluding hydrogens is 424 g/mol. The summed E-state index contributed by atoms with van der Waals surface area (Å²) in [6.07, 6.45) is 0.768. The van der Waals surface area contributed by atoms with Gasteiger partial charge in [0.05, 0.1) is 17.9 Å². The van der Waals surface area contributed by atoms with Crippen molar-refractivity contribution < 1.29 is 9.53 Å². The molecule has 2 heterocycles. The van der Waals surface area contributed by atoms with Crippen molar-refractivity contribution in [2.75, 3.05) is 42.6 Å². The molecule has 0 atom stereocenters. The van der Waals surface area contributed by atoms with Gasteiger partial charge < -0.3 is 14.5 Å². The Morgan fingerprint density at radius 3 is 2.15 bits per heavy atom. The van der Waals surface area contributed by atoms with Crippen molar-refractivity contribution >= 4 is 28.2 Å². The zero-order valence-electron chi connectivity index (χ0n) is 19.4. The first-order valence-electron chi connectivity index (χ1n) is 11.8. The van der Waals surface area contributed by atoms with Gasteiger partial charge in [0.1, 0.15) is 0 Å². The van der Waals surface area contributed by atoms with E-state index in [-0.39, 0.29) is 5.97 Å². The third-order valence-corrected chi connectivity index (χ3v) is 6.28. The SMILES string of the molecule is CCOC(=O)c1ccc(N2CCN(c3nnc(Cc4ccccc4)c4ccccc34)CC2)cc1. The van der Waals surface area contributed by atoms with E-state index >= 15 is 0 Å². The number of anilines is 2. The summed E-state index contributed by atoms with van der Waals surface area (Å²) in [5.74, 6) is 0.671. The molecule has 0 spiro atoms. The second-order valence-electron chi connectivity index (χ2n) is 8.42. The van der Waals surface area contributed by atoms with Crippen LogP contribution in [0, 0.1) is 0 Å². The van der Waals surface area contributed by atoms with Gasteiger partial charge in [-0.25, -0.2) is 4.79 Å². The maximum absolute atomic E-state index is 11.9. The van der Waals surface area contributed by atoms with Crippen molar-refractivity contribution in [3.8, 4) is 0 Å². The number of ether oxygens (including phenoxy) is 1. The Bertz CT molecular complexity index is 1270. The van der Waals surface area contributed by atoms with Crippen LogP contribution in [-0.4, -0.2) is 49.0 Å². The Balaban J connectivity index is 1.31. The summed E-state index contributed by atoms with van der Waals surface area (Å²) in [6, 6.07) is 26.5. The van der Waals surface area contributed by atoms with Gasteiger partial charge in [0.15, 0.2) is 5.82 Å². The van der Waals surface area contributed by atoms with E-state index in [1.54, 1.807) is 0 Å². The zero-order valence-corrected chi connectivity index (χ0v) is 19.4. The van der Waals surface area contributed by atoms with Crippen molar-refractivity contribution in [1.82, 2.24) is 10.2 Å². The fourth-order valence-electron chi connectivity index (χ4n) is 4.50. The van der Waals surface area contributed by atoms with Crippen LogP contribution in [0.25, 0.3) is 10.8 Å². The average molecular weight is 453 g/mol. The molecule has 6 nitrogen and oxygen atoms in total. The number of carbonyl (C=O) groups excluding carboxylic acids is 1. The number of piperazine rings is 1. The minimum absolute atomic E-state index is 0.278. The van der Waals surface area contributed by atoms with Crippen LogP contribution in [0.3, 0.4) is 0 Å². The molecule has 0 radical (unpaired) electrons. The summed E-state index contributed by atoms with van der Waals surface area (Å²) < 4.78 is 5.08. The number of aromatic nitrogens is 2. The van der Waals surface area contributed by atoms with E-state index in [4.69, 9.17) is 4.74 Å². The van der Waals surface area contributed by atoms with E-state index in [0.29, 0.717) is 12.2 Å². The van der Waals surface area contributed by atoms with E-state index in [0.717, 1.165) is 60.6 Å². The van der Waals surface area contributed by atoms with Gasteiger partial charge in [-0.2, -0.15) is 5.10 Å². The molecule has 1 fully saturated rings. The minimum atomic E-state index is -0.278. The lowest BCUT2D eigenvalue weighted by molar-refractivity contribution is 0.0526. The molecule has 1 aliphatic heterocycles. The molecule has 0 saturated carbocycles. The van der Waals surface area contributed by atoms with Crippen molar-refractivity contribution in [2.45, 2.75) is 13.3 Å². The summed E-state index contributed by atoms with van der Waals surface area (Å²) in [5, 5.41) is 11.6. The molecule has 34 heavy (non-hydrogen) atoms. The number of carbonyl (C=O) groups is 1. The second kappa shape index (κ2) is 9.91. The van der Waals surface area contributed by atoms with Crippen LogP contribution in [0.1, 0.15) is 28.5 Å². The summed E-state index contributed by atoms with van der Waals surface area (Å²) >= 11 is 0. The predicted octanol–water partition coefficient (Wildman–Crippen LogP) is 4.72. The Morgan fingerprint density at radius 2 is 1.44 bits per heavy atom. The van der Waals surface area contributed by atoms with E-state index in [9.17, 15) is 4.79 Å². The third-order valence-electron chi connectivity index (χ3n) is 6.28. The fourth-order valence-corrected chi connectivity index (χ4v) is 4.50. The minimum Gasteiger partial charge on any atom is -0.462 e. The van der Waals surface area contributed by atoms with Gasteiger partial charge in [0.2, 0.25) is 0 Å². The highest BCUT2D eigenvalue weighted by Crippen LogP contribution is 2.28. The molecule has 0 N–H and O–H groups in total. The fraction of sp³-hybridized carbons (Fsp3) is 0.250. The van der Waals surface area contributed by atoms with Gasteiger partial charge in [-0.1, -0.05) is 54.6 Å². The third kappa shape index (κ3) is 4.57. The molecule has 172 valence electrons. The zero-order chi connectivity index (χ0) is 23.3. The maximum Gasteiger partial charge on any atom is 0.338 e. The molecule has 1 aromatic heterocycles. The summed E-state index contributed by atoms with van der Waals surface area (Å²) in [7, 11) is 0. The molecule has 0 bridgehead atoms. The number of fused-ring (bicyclic) bond motifs is 1. The molecule has 1 aliphatic rings. The van der Waals surface area contributed by atoms with E-state index in [2.05, 4.69) is 68.5 Å². The molecule has 5 rings (SSSR count). The van der Waals surface area contributed by atoms with Gasteiger partial charge in [0.25, 0.3) is 0 Å². The lowest BCUT2D eigenvalue weighted by atomic mass is 10.0. The smallest absolute Gasteiger partial charge is 0.338 e. The Morgan fingerprint density at radius 1 is 0.794 bits per heavy atom. The number of benzene rings is 3. The number of esters is 1. The second-order valence-corrected chi connectivity index (χ2v) is 8.42. The van der Waals surface area contributed by atoms with Crippen molar-refractivity contribution in [1.29, 1.82) is 0 Å². The quantitative estimate of drug-likeness (QED) is 0.395. The first kappa shape index (κ1) is 21.9. The highest BCUT2D eigenvalue weighted by Gasteiger charge is 2.21. The standard InChI is InChI=1S/C28H28N4O2/c1-2-34-28(33)22-12-14-23(15-13-22)31-16-18-32(19-17-31)27-25-11-7-6-10-24(25)26(29-30-27)20-21-8-4-3-5-9-21/h3-15H,2,16-20H2,1H3. The van der Waals surface area contributed by atoms with Crippen LogP contribution >= 0.6 is 0 Å². The molecule has 0 amide bonds. The highest BCUT2D eigenvalue weighted by atomic mass is 16.5. The van der Waals surface area contributed by atoms with Gasteiger partial charge in [-0.05, 0) is 36.8 Å². The summed E-state index contributed by atoms with van der Waals surface area (Å²) in [6.45, 7) is 5.66. The molecule has 0 unspecified atom stereocenters. The lowest BCUT2D eigenvalue weighted by Crippen LogP contribution is -2.47. The van der Waals surface area contributed by atoms with Gasteiger partial charge in [0, 0.05) is 49.1 Å². The molecule has 6 heteroatoms. The van der Waals surface area contributed by atoms with Crippen molar-refractivity contribution in [2.24, 2.45) is 0 Å². The van der Waals surface area contributed by atoms with Crippen LogP contribution in [0.4, 0.5) is 11.5 Å². The highest BCUT2D eigenvalue weighted by molar-refractivity contribution is 5.93. The maximum atomic E-state index is 11.9. The van der Waals surface area contributed by atoms with Crippen molar-refractivity contribution in [3.05, 3.63) is 95.7 Å². The van der Waals surface area contributed by atoms with Crippen LogP contribution in [0.2, 0.25) is 0 Å². The lowest BCUT2D eigenvalue weighted by Gasteiger charge is -2.37. The predicted molar refractivity (Wildman–Crippen MR) is 136 cm³/mol. The van der Waals surface area contributed by atoms with Gasteiger partial charge >= 0.3 is 5.97 Å². The Kier molecular flexibility index (Phi) is 6.38. The number of nitrogens with zero attached hydrogens (tertiary/aromatic N) is 4. The van der Waals surface area contributed by atoms with E-state index in [1.807, 2.05) is 37.3 Å². The van der Waals surface area contributed by atoms with Crippen molar-refractivity contribution in [3.63, 3.8) is 0 Å². The molecule has 1 saturated heterocycles. The molecule has 4 aromatic rings. The molecule has 0 aliphatic carbocycles. The van der Waals surface area contributed by atoms with Gasteiger partial charge in [-0.15, -0.1) is 5.10 Å². The van der Waals surface area contributed by atoms with Crippen LogP contribution in [-0.2, 0) is 11.2 Å². The Hall–Kier alpha value is -3.93.